The molecule has 4 heterocycles. The maximum atomic E-state index is 12.9. The Morgan fingerprint density at radius 1 is 1.21 bits per heavy atom. The van der Waals surface area contributed by atoms with Crippen LogP contribution in [0, 0.1) is 0 Å². The number of nitrogens with one attached hydrogen (secondary N) is 2. The van der Waals surface area contributed by atoms with Gasteiger partial charge in [0.05, 0.1) is 22.8 Å². The molecule has 8 nitrogen and oxygen atoms in total. The highest BCUT2D eigenvalue weighted by molar-refractivity contribution is 5.92. The highest BCUT2D eigenvalue weighted by Gasteiger charge is 2.29. The fourth-order valence-electron chi connectivity index (χ4n) is 3.96. The highest BCUT2D eigenvalue weighted by atomic mass is 19.3. The number of fused-ring (bicyclic) bond motifs is 1. The molecular weight excluding hydrogens is 432 g/mol. The van der Waals surface area contributed by atoms with Gasteiger partial charge in [-0.1, -0.05) is 0 Å². The molecule has 33 heavy (non-hydrogen) atoms. The first-order chi connectivity index (χ1) is 15.9. The Labute approximate surface area is 188 Å². The number of likely N-dealkylation sites (tertiary alicyclic amines) is 1. The number of rotatable bonds is 7. The number of H-pyrrole nitrogens is 1. The molecule has 2 fully saturated rings. The van der Waals surface area contributed by atoms with Gasteiger partial charge in [-0.3, -0.25) is 19.5 Å². The molecule has 3 aromatic rings. The highest BCUT2D eigenvalue weighted by Crippen LogP contribution is 2.22. The molecule has 1 aliphatic heterocycles. The van der Waals surface area contributed by atoms with Crippen molar-refractivity contribution in [2.24, 2.45) is 0 Å². The zero-order chi connectivity index (χ0) is 22.9. The molecule has 10 heteroatoms. The number of hydrogen-bond donors (Lipinski definition) is 2. The quantitative estimate of drug-likeness (QED) is 0.568. The van der Waals surface area contributed by atoms with Crippen molar-refractivity contribution in [3.63, 3.8) is 0 Å². The molecule has 172 valence electrons. The Morgan fingerprint density at radius 3 is 2.70 bits per heavy atom. The molecule has 1 aliphatic carbocycles. The molecule has 0 unspecified atom stereocenters. The summed E-state index contributed by atoms with van der Waals surface area (Å²) in [5.41, 5.74) is 0.636. The molecule has 3 aromatic heterocycles. The Hall–Kier alpha value is -3.40. The second-order valence-corrected chi connectivity index (χ2v) is 8.55. The Bertz CT molecular complexity index is 1220. The lowest BCUT2D eigenvalue weighted by atomic mass is 9.93. The van der Waals surface area contributed by atoms with E-state index in [0.717, 1.165) is 30.9 Å². The van der Waals surface area contributed by atoms with Gasteiger partial charge in [0, 0.05) is 31.9 Å². The Balaban J connectivity index is 1.13. The van der Waals surface area contributed by atoms with Crippen molar-refractivity contribution in [2.45, 2.75) is 44.4 Å². The van der Waals surface area contributed by atoms with Gasteiger partial charge in [-0.15, -0.1) is 0 Å². The van der Waals surface area contributed by atoms with E-state index in [0.29, 0.717) is 42.1 Å². The molecule has 0 bridgehead atoms. The molecule has 0 aromatic carbocycles. The first kappa shape index (κ1) is 21.4. The van der Waals surface area contributed by atoms with Crippen LogP contribution in [0.25, 0.3) is 11.0 Å². The predicted octanol–water partition coefficient (Wildman–Crippen LogP) is 2.80. The third-order valence-electron chi connectivity index (χ3n) is 6.05. The van der Waals surface area contributed by atoms with Crippen LogP contribution >= 0.6 is 0 Å². The molecule has 2 N–H and O–H groups in total. The lowest BCUT2D eigenvalue weighted by Crippen LogP contribution is -2.53. The maximum absolute atomic E-state index is 12.9. The van der Waals surface area contributed by atoms with E-state index in [9.17, 15) is 18.4 Å². The van der Waals surface area contributed by atoms with Crippen molar-refractivity contribution in [1.29, 1.82) is 0 Å². The van der Waals surface area contributed by atoms with Crippen LogP contribution in [0.5, 0.6) is 5.75 Å². The normalized spacial score (nSPS) is 17.1. The lowest BCUT2D eigenvalue weighted by Gasteiger charge is -2.38. The van der Waals surface area contributed by atoms with Crippen molar-refractivity contribution in [3.05, 3.63) is 63.8 Å². The van der Waals surface area contributed by atoms with E-state index in [-0.39, 0.29) is 18.1 Å². The number of alkyl halides is 2. The van der Waals surface area contributed by atoms with Gasteiger partial charge in [0.2, 0.25) is 0 Å². The van der Waals surface area contributed by atoms with Crippen LogP contribution in [0.3, 0.4) is 0 Å². The minimum absolute atomic E-state index is 0.00303. The fourth-order valence-corrected chi connectivity index (χ4v) is 3.96. The van der Waals surface area contributed by atoms with Gasteiger partial charge in [-0.25, -0.2) is 13.8 Å². The number of ether oxygens (including phenoxy) is 1. The van der Waals surface area contributed by atoms with Crippen LogP contribution in [0.2, 0.25) is 0 Å². The van der Waals surface area contributed by atoms with Crippen molar-refractivity contribution < 1.29 is 18.3 Å². The smallest absolute Gasteiger partial charge is 0.270 e. The van der Waals surface area contributed by atoms with E-state index in [2.05, 4.69) is 25.2 Å². The maximum Gasteiger partial charge on any atom is 0.270 e. The topological polar surface area (TPSA) is 100 Å². The molecule has 0 spiro atoms. The molecule has 2 aliphatic rings. The van der Waals surface area contributed by atoms with Gasteiger partial charge in [-0.2, -0.15) is 0 Å². The van der Waals surface area contributed by atoms with Crippen LogP contribution in [0.4, 0.5) is 8.78 Å². The molecular formula is C23H23F2N5O3. The zero-order valence-electron chi connectivity index (χ0n) is 17.8. The Kier molecular flexibility index (Phi) is 5.76. The van der Waals surface area contributed by atoms with E-state index in [4.69, 9.17) is 4.74 Å². The first-order valence-electron chi connectivity index (χ1n) is 10.9. The number of aromatic nitrogens is 3. The van der Waals surface area contributed by atoms with E-state index in [1.54, 1.807) is 30.6 Å². The van der Waals surface area contributed by atoms with Gasteiger partial charge in [0.1, 0.15) is 17.5 Å². The molecule has 0 radical (unpaired) electrons. The molecule has 1 saturated heterocycles. The summed E-state index contributed by atoms with van der Waals surface area (Å²) in [5, 5.41) is 2.96. The summed E-state index contributed by atoms with van der Waals surface area (Å²) < 4.78 is 31.7. The van der Waals surface area contributed by atoms with Gasteiger partial charge < -0.3 is 15.0 Å². The summed E-state index contributed by atoms with van der Waals surface area (Å²) in [6, 6.07) is 6.57. The van der Waals surface area contributed by atoms with Gasteiger partial charge in [0.25, 0.3) is 17.9 Å². The lowest BCUT2D eigenvalue weighted by molar-refractivity contribution is 0.0143. The van der Waals surface area contributed by atoms with Crippen LogP contribution in [-0.2, 0) is 6.54 Å². The summed E-state index contributed by atoms with van der Waals surface area (Å²) >= 11 is 0. The summed E-state index contributed by atoms with van der Waals surface area (Å²) in [4.78, 5) is 37.0. The van der Waals surface area contributed by atoms with Crippen LogP contribution in [0.1, 0.15) is 47.3 Å². The number of carbonyl (C=O) groups excluding carboxylic acids is 1. The van der Waals surface area contributed by atoms with E-state index in [1.807, 2.05) is 0 Å². The van der Waals surface area contributed by atoms with Crippen LogP contribution < -0.4 is 15.6 Å². The third-order valence-corrected chi connectivity index (χ3v) is 6.05. The first-order valence-corrected chi connectivity index (χ1v) is 10.9. The van der Waals surface area contributed by atoms with Crippen LogP contribution in [-0.4, -0.2) is 51.0 Å². The molecule has 1 amide bonds. The number of halogens is 2. The van der Waals surface area contributed by atoms with Crippen molar-refractivity contribution >= 4 is 16.9 Å². The second kappa shape index (κ2) is 8.86. The third kappa shape index (κ3) is 4.70. The summed E-state index contributed by atoms with van der Waals surface area (Å²) in [7, 11) is 0. The molecule has 5 rings (SSSR count). The standard InChI is InChI=1S/C23H23F2N5O3/c24-21(25)17-7-19-20(29-22(17)31)6-13(8-26-19)10-30-11-16(12-30)33-15-4-5-18(27-9-15)23(32)28-14-2-1-3-14/h4-9,14,16,21H,1-3,10-12H2,(H,28,32)(H,29,31). The van der Waals surface area contributed by atoms with Gasteiger partial charge in [-0.05, 0) is 49.1 Å². The monoisotopic (exact) mass is 455 g/mol. The van der Waals surface area contributed by atoms with Gasteiger partial charge in [0.15, 0.2) is 0 Å². The number of hydrogen-bond acceptors (Lipinski definition) is 6. The van der Waals surface area contributed by atoms with Crippen LogP contribution in [0.15, 0.2) is 41.5 Å². The fraction of sp³-hybridized carbons (Fsp3) is 0.391. The predicted molar refractivity (Wildman–Crippen MR) is 116 cm³/mol. The zero-order valence-corrected chi connectivity index (χ0v) is 17.8. The minimum Gasteiger partial charge on any atom is -0.486 e. The van der Waals surface area contributed by atoms with Crippen molar-refractivity contribution in [3.8, 4) is 5.75 Å². The molecule has 1 saturated carbocycles. The SMILES string of the molecule is O=C(NC1CCC1)c1ccc(OC2CN(Cc3cnc4cc(C(F)F)c(=O)[nH]c4c3)C2)cn1. The average molecular weight is 455 g/mol. The summed E-state index contributed by atoms with van der Waals surface area (Å²) in [6.07, 6.45) is 3.56. The molecule has 0 atom stereocenters. The number of nitrogens with zero attached hydrogens (tertiary/aromatic N) is 3. The number of amides is 1. The summed E-state index contributed by atoms with van der Waals surface area (Å²) in [6.45, 7) is 1.99. The second-order valence-electron chi connectivity index (χ2n) is 8.55. The van der Waals surface area contributed by atoms with E-state index >= 15 is 0 Å². The number of aromatic amines is 1. The average Bonchev–Trinajstić information content (AvgIpc) is 2.74. The number of carbonyl (C=O) groups is 1. The van der Waals surface area contributed by atoms with Gasteiger partial charge >= 0.3 is 0 Å². The largest absolute Gasteiger partial charge is 0.486 e. The van der Waals surface area contributed by atoms with Crippen molar-refractivity contribution in [1.82, 2.24) is 25.2 Å². The van der Waals surface area contributed by atoms with E-state index in [1.165, 1.54) is 0 Å². The van der Waals surface area contributed by atoms with Crippen molar-refractivity contribution in [2.75, 3.05) is 13.1 Å². The van der Waals surface area contributed by atoms with E-state index < -0.39 is 17.5 Å². The summed E-state index contributed by atoms with van der Waals surface area (Å²) in [5.74, 6) is 0.455. The Morgan fingerprint density at radius 2 is 2.03 bits per heavy atom. The minimum atomic E-state index is -2.84. The number of pyridine rings is 3.